The second-order valence-electron chi connectivity index (χ2n) is 2.12. The van der Waals surface area contributed by atoms with Crippen LogP contribution in [0.25, 0.3) is 0 Å². The van der Waals surface area contributed by atoms with E-state index in [-0.39, 0.29) is 11.3 Å². The highest BCUT2D eigenvalue weighted by Crippen LogP contribution is 2.24. The van der Waals surface area contributed by atoms with E-state index in [2.05, 4.69) is 15.9 Å². The van der Waals surface area contributed by atoms with Gasteiger partial charge in [0.2, 0.25) is 0 Å². The molecule has 0 radical (unpaired) electrons. The zero-order valence-corrected chi connectivity index (χ0v) is 7.07. The molecular weight excluding hydrogens is 192 g/mol. The third-order valence-electron chi connectivity index (χ3n) is 1.24. The summed E-state index contributed by atoms with van der Waals surface area (Å²) in [5.41, 5.74) is 0.858. The second kappa shape index (κ2) is 2.62. The Balaban J connectivity index is 3.37. The standard InChI is InChI=1S/C8H9BrO/c1-5-3-7(10)4-6(2)8(5)9/h3-4,10H,1-2H3/i1D3. The number of aromatic hydroxyl groups is 1. The van der Waals surface area contributed by atoms with Gasteiger partial charge < -0.3 is 5.11 Å². The van der Waals surface area contributed by atoms with Crippen LogP contribution in [0.4, 0.5) is 0 Å². The molecule has 54 valence electrons. The first kappa shape index (κ1) is 4.39. The van der Waals surface area contributed by atoms with Crippen molar-refractivity contribution in [1.29, 1.82) is 0 Å². The Kier molecular flexibility index (Phi) is 1.15. The fraction of sp³-hybridized carbons (Fsp3) is 0.250. The topological polar surface area (TPSA) is 20.2 Å². The zero-order valence-electron chi connectivity index (χ0n) is 8.48. The number of aryl methyl sites for hydroxylation is 2. The maximum Gasteiger partial charge on any atom is 0.116 e. The molecule has 0 bridgehead atoms. The van der Waals surface area contributed by atoms with Crippen LogP contribution in [0.2, 0.25) is 0 Å². The van der Waals surface area contributed by atoms with Crippen molar-refractivity contribution in [3.63, 3.8) is 0 Å². The van der Waals surface area contributed by atoms with Gasteiger partial charge in [-0.15, -0.1) is 0 Å². The molecule has 0 amide bonds. The van der Waals surface area contributed by atoms with E-state index in [0.717, 1.165) is 0 Å². The van der Waals surface area contributed by atoms with Gasteiger partial charge in [0.25, 0.3) is 0 Å². The minimum atomic E-state index is -2.19. The molecule has 1 aromatic rings. The first-order chi connectivity index (χ1) is 5.82. The monoisotopic (exact) mass is 203 g/mol. The van der Waals surface area contributed by atoms with Crippen LogP contribution < -0.4 is 0 Å². The molecule has 2 heteroatoms. The van der Waals surface area contributed by atoms with Crippen molar-refractivity contribution in [2.75, 3.05) is 0 Å². The quantitative estimate of drug-likeness (QED) is 0.688. The maximum atomic E-state index is 9.21. The van der Waals surface area contributed by atoms with E-state index in [1.54, 1.807) is 6.92 Å². The lowest BCUT2D eigenvalue weighted by Gasteiger charge is -2.02. The molecule has 0 spiro atoms. The number of phenols is 1. The van der Waals surface area contributed by atoms with Crippen LogP contribution in [0.15, 0.2) is 16.6 Å². The Hall–Kier alpha value is -0.500. The highest BCUT2D eigenvalue weighted by atomic mass is 79.9. The lowest BCUT2D eigenvalue weighted by atomic mass is 10.1. The molecule has 0 atom stereocenters. The largest absolute Gasteiger partial charge is 0.508 e. The average molecular weight is 204 g/mol. The Labute approximate surface area is 73.0 Å². The van der Waals surface area contributed by atoms with Gasteiger partial charge in [-0.05, 0) is 37.0 Å². The molecule has 0 aromatic heterocycles. The predicted molar refractivity (Wildman–Crippen MR) is 45.3 cm³/mol. The maximum absolute atomic E-state index is 9.21. The van der Waals surface area contributed by atoms with E-state index < -0.39 is 6.85 Å². The Morgan fingerprint density at radius 2 is 2.10 bits per heavy atom. The molecule has 0 aliphatic carbocycles. The van der Waals surface area contributed by atoms with Crippen LogP contribution >= 0.6 is 15.9 Å². The molecule has 1 N–H and O–H groups in total. The summed E-state index contributed by atoms with van der Waals surface area (Å²) in [5.74, 6) is -0.0215. The van der Waals surface area contributed by atoms with Crippen molar-refractivity contribution in [1.82, 2.24) is 0 Å². The zero-order chi connectivity index (χ0) is 10.2. The van der Waals surface area contributed by atoms with Gasteiger partial charge in [0.05, 0.1) is 0 Å². The molecule has 0 saturated carbocycles. The highest BCUT2D eigenvalue weighted by Gasteiger charge is 1.99. The van der Waals surface area contributed by atoms with Crippen LogP contribution in [0.1, 0.15) is 15.2 Å². The predicted octanol–water partition coefficient (Wildman–Crippen LogP) is 2.77. The van der Waals surface area contributed by atoms with Crippen LogP contribution in [0, 0.1) is 13.8 Å². The van der Waals surface area contributed by atoms with Gasteiger partial charge in [0.15, 0.2) is 0 Å². The Bertz CT molecular complexity index is 333. The molecule has 0 unspecified atom stereocenters. The van der Waals surface area contributed by atoms with Gasteiger partial charge in [-0.3, -0.25) is 0 Å². The van der Waals surface area contributed by atoms with Crippen LogP contribution in [0.5, 0.6) is 5.75 Å². The number of rotatable bonds is 0. The molecule has 1 aromatic carbocycles. The average Bonchev–Trinajstić information content (AvgIpc) is 1.94. The number of hydrogen-bond donors (Lipinski definition) is 1. The molecule has 10 heavy (non-hydrogen) atoms. The molecule has 0 aliphatic rings. The van der Waals surface area contributed by atoms with E-state index in [0.29, 0.717) is 10.0 Å². The number of halogens is 1. The van der Waals surface area contributed by atoms with E-state index >= 15 is 0 Å². The van der Waals surface area contributed by atoms with Crippen LogP contribution in [-0.4, -0.2) is 5.11 Å². The Morgan fingerprint density at radius 1 is 1.50 bits per heavy atom. The van der Waals surface area contributed by atoms with Crippen molar-refractivity contribution in [2.45, 2.75) is 13.8 Å². The van der Waals surface area contributed by atoms with Crippen molar-refractivity contribution in [3.8, 4) is 5.75 Å². The van der Waals surface area contributed by atoms with Gasteiger partial charge in [0.1, 0.15) is 5.75 Å². The summed E-state index contributed by atoms with van der Waals surface area (Å²) >= 11 is 3.18. The van der Waals surface area contributed by atoms with E-state index in [1.165, 1.54) is 12.1 Å². The SMILES string of the molecule is [2H]C([2H])([2H])c1cc(O)cc(C)c1Br. The van der Waals surface area contributed by atoms with E-state index in [1.807, 2.05) is 0 Å². The molecule has 0 aliphatic heterocycles. The first-order valence-corrected chi connectivity index (χ1v) is 3.61. The second-order valence-corrected chi connectivity index (χ2v) is 2.92. The van der Waals surface area contributed by atoms with Gasteiger partial charge in [-0.2, -0.15) is 0 Å². The minimum absolute atomic E-state index is 0.0215. The molecule has 0 fully saturated rings. The van der Waals surface area contributed by atoms with E-state index in [4.69, 9.17) is 4.11 Å². The fourth-order valence-corrected chi connectivity index (χ4v) is 0.979. The van der Waals surface area contributed by atoms with Gasteiger partial charge in [0, 0.05) is 8.58 Å². The van der Waals surface area contributed by atoms with Gasteiger partial charge in [-0.25, -0.2) is 0 Å². The third-order valence-corrected chi connectivity index (χ3v) is 2.29. The van der Waals surface area contributed by atoms with Gasteiger partial charge >= 0.3 is 0 Å². The molecule has 0 heterocycles. The molecule has 0 saturated heterocycles. The molecule has 1 nitrogen and oxygen atoms in total. The highest BCUT2D eigenvalue weighted by molar-refractivity contribution is 9.10. The third kappa shape index (κ3) is 1.32. The molecule has 1 rings (SSSR count). The Morgan fingerprint density at radius 3 is 2.70 bits per heavy atom. The van der Waals surface area contributed by atoms with Crippen LogP contribution in [-0.2, 0) is 0 Å². The van der Waals surface area contributed by atoms with Crippen LogP contribution in [0.3, 0.4) is 0 Å². The number of hydrogen-bond acceptors (Lipinski definition) is 1. The fourth-order valence-electron chi connectivity index (χ4n) is 0.751. The number of benzene rings is 1. The van der Waals surface area contributed by atoms with Crippen molar-refractivity contribution in [3.05, 3.63) is 27.7 Å². The van der Waals surface area contributed by atoms with Crippen molar-refractivity contribution < 1.29 is 9.22 Å². The number of phenolic OH excluding ortho intramolecular Hbond substituents is 1. The van der Waals surface area contributed by atoms with Crippen molar-refractivity contribution >= 4 is 15.9 Å². The lowest BCUT2D eigenvalue weighted by molar-refractivity contribution is 0.474. The summed E-state index contributed by atoms with van der Waals surface area (Å²) in [6.07, 6.45) is 0. The van der Waals surface area contributed by atoms with E-state index in [9.17, 15) is 5.11 Å². The van der Waals surface area contributed by atoms with Crippen molar-refractivity contribution in [2.24, 2.45) is 0 Å². The summed E-state index contributed by atoms with van der Waals surface area (Å²) in [5, 5.41) is 9.21. The summed E-state index contributed by atoms with van der Waals surface area (Å²) in [4.78, 5) is 0. The minimum Gasteiger partial charge on any atom is -0.508 e. The lowest BCUT2D eigenvalue weighted by Crippen LogP contribution is -1.79. The summed E-state index contributed by atoms with van der Waals surface area (Å²) < 4.78 is 22.1. The smallest absolute Gasteiger partial charge is 0.116 e. The summed E-state index contributed by atoms with van der Waals surface area (Å²) in [7, 11) is 0. The summed E-state index contributed by atoms with van der Waals surface area (Å²) in [6.45, 7) is -0.457. The first-order valence-electron chi connectivity index (χ1n) is 4.32. The summed E-state index contributed by atoms with van der Waals surface area (Å²) in [6, 6.07) is 2.77. The molecular formula is C8H9BrO. The van der Waals surface area contributed by atoms with Gasteiger partial charge in [-0.1, -0.05) is 15.9 Å². The normalized spacial score (nSPS) is 15.6.